The summed E-state index contributed by atoms with van der Waals surface area (Å²) in [7, 11) is 0. The number of hydrogen-bond acceptors (Lipinski definition) is 3. The van der Waals surface area contributed by atoms with E-state index in [1.165, 1.54) is 0 Å². The van der Waals surface area contributed by atoms with Crippen LogP contribution in [-0.2, 0) is 9.53 Å². The molecule has 0 radical (unpaired) electrons. The highest BCUT2D eigenvalue weighted by Gasteiger charge is 2.00. The van der Waals surface area contributed by atoms with Crippen molar-refractivity contribution in [1.29, 1.82) is 0 Å². The number of halogens is 1. The molecule has 0 bridgehead atoms. The van der Waals surface area contributed by atoms with Crippen molar-refractivity contribution in [2.45, 2.75) is 59.3 Å². The van der Waals surface area contributed by atoms with Crippen molar-refractivity contribution in [3.05, 3.63) is 0 Å². The van der Waals surface area contributed by atoms with E-state index in [-0.39, 0.29) is 29.9 Å². The summed E-state index contributed by atoms with van der Waals surface area (Å²) in [5.74, 6) is 1.12. The predicted molar refractivity (Wildman–Crippen MR) is 99.1 cm³/mol. The van der Waals surface area contributed by atoms with E-state index in [2.05, 4.69) is 24.2 Å². The first-order chi connectivity index (χ1) is 9.56. The lowest BCUT2D eigenvalue weighted by molar-refractivity contribution is -0.143. The van der Waals surface area contributed by atoms with Crippen LogP contribution in [-0.4, -0.2) is 31.6 Å². The van der Waals surface area contributed by atoms with E-state index in [9.17, 15) is 4.79 Å². The fraction of sp³-hybridized carbons (Fsp3) is 0.867. The summed E-state index contributed by atoms with van der Waals surface area (Å²) < 4.78 is 4.87. The van der Waals surface area contributed by atoms with Crippen LogP contribution in [0.1, 0.15) is 59.3 Å². The molecular formula is C15H32IN3O2. The van der Waals surface area contributed by atoms with Crippen LogP contribution in [0.15, 0.2) is 4.99 Å². The van der Waals surface area contributed by atoms with Crippen molar-refractivity contribution < 1.29 is 9.53 Å². The number of guanidine groups is 1. The van der Waals surface area contributed by atoms with Gasteiger partial charge in [-0.1, -0.05) is 26.7 Å². The quantitative estimate of drug-likeness (QED) is 0.180. The number of aliphatic imine (C=N–C) groups is 1. The lowest BCUT2D eigenvalue weighted by atomic mass is 10.1. The van der Waals surface area contributed by atoms with Crippen molar-refractivity contribution in [1.82, 2.24) is 5.32 Å². The maximum absolute atomic E-state index is 11.1. The summed E-state index contributed by atoms with van der Waals surface area (Å²) in [5, 5.41) is 3.11. The lowest BCUT2D eigenvalue weighted by Crippen LogP contribution is -2.33. The molecule has 0 spiro atoms. The molecule has 0 heterocycles. The highest BCUT2D eigenvalue weighted by molar-refractivity contribution is 14.0. The summed E-state index contributed by atoms with van der Waals surface area (Å²) in [5.41, 5.74) is 5.75. The van der Waals surface area contributed by atoms with Gasteiger partial charge in [0.25, 0.3) is 0 Å². The molecule has 3 N–H and O–H groups in total. The Morgan fingerprint density at radius 3 is 2.52 bits per heavy atom. The summed E-state index contributed by atoms with van der Waals surface area (Å²) >= 11 is 0. The van der Waals surface area contributed by atoms with Crippen LogP contribution in [0.4, 0.5) is 0 Å². The Morgan fingerprint density at radius 1 is 1.24 bits per heavy atom. The third-order valence-corrected chi connectivity index (χ3v) is 2.90. The van der Waals surface area contributed by atoms with Crippen LogP contribution >= 0.6 is 24.0 Å². The van der Waals surface area contributed by atoms with E-state index in [4.69, 9.17) is 10.5 Å². The molecule has 0 atom stereocenters. The molecular weight excluding hydrogens is 381 g/mol. The molecule has 126 valence electrons. The van der Waals surface area contributed by atoms with Gasteiger partial charge in [-0.25, -0.2) is 0 Å². The minimum Gasteiger partial charge on any atom is -0.466 e. The Labute approximate surface area is 146 Å². The van der Waals surface area contributed by atoms with Crippen LogP contribution in [0, 0.1) is 5.92 Å². The molecule has 0 amide bonds. The molecule has 6 heteroatoms. The van der Waals surface area contributed by atoms with Gasteiger partial charge in [0.1, 0.15) is 0 Å². The molecule has 0 unspecified atom stereocenters. The van der Waals surface area contributed by atoms with Crippen LogP contribution in [0.25, 0.3) is 0 Å². The first-order valence-corrected chi connectivity index (χ1v) is 7.75. The zero-order valence-corrected chi connectivity index (χ0v) is 16.0. The SMILES string of the molecule is CCOC(=O)CCCCCCN=C(N)NCCC(C)C.I. The van der Waals surface area contributed by atoms with Crippen molar-refractivity contribution in [3.8, 4) is 0 Å². The number of rotatable bonds is 11. The zero-order chi connectivity index (χ0) is 15.2. The predicted octanol–water partition coefficient (Wildman–Crippen LogP) is 3.07. The Bertz CT molecular complexity index is 284. The van der Waals surface area contributed by atoms with Crippen LogP contribution in [0.5, 0.6) is 0 Å². The van der Waals surface area contributed by atoms with Gasteiger partial charge < -0.3 is 15.8 Å². The third-order valence-electron chi connectivity index (χ3n) is 2.90. The minimum atomic E-state index is -0.0934. The Balaban J connectivity index is 0. The smallest absolute Gasteiger partial charge is 0.305 e. The molecule has 0 aliphatic carbocycles. The molecule has 0 aromatic heterocycles. The number of nitrogens with one attached hydrogen (secondary N) is 1. The van der Waals surface area contributed by atoms with E-state index in [0.717, 1.165) is 45.2 Å². The Kier molecular flexibility index (Phi) is 17.2. The monoisotopic (exact) mass is 413 g/mol. The number of carbonyl (C=O) groups is 1. The number of unbranched alkanes of at least 4 members (excludes halogenated alkanes) is 3. The van der Waals surface area contributed by atoms with Gasteiger partial charge in [-0.05, 0) is 32.1 Å². The van der Waals surface area contributed by atoms with Gasteiger partial charge >= 0.3 is 5.97 Å². The molecule has 0 saturated carbocycles. The average molecular weight is 413 g/mol. The second-order valence-electron chi connectivity index (χ2n) is 5.35. The van der Waals surface area contributed by atoms with Crippen LogP contribution < -0.4 is 11.1 Å². The molecule has 0 saturated heterocycles. The fourth-order valence-corrected chi connectivity index (χ4v) is 1.71. The van der Waals surface area contributed by atoms with Crippen molar-refractivity contribution in [3.63, 3.8) is 0 Å². The van der Waals surface area contributed by atoms with Crippen LogP contribution in [0.2, 0.25) is 0 Å². The van der Waals surface area contributed by atoms with Crippen LogP contribution in [0.3, 0.4) is 0 Å². The van der Waals surface area contributed by atoms with Gasteiger partial charge in [-0.2, -0.15) is 0 Å². The first kappa shape index (κ1) is 22.7. The Hall–Kier alpha value is -0.530. The van der Waals surface area contributed by atoms with E-state index in [1.54, 1.807) is 0 Å². The molecule has 0 rings (SSSR count). The summed E-state index contributed by atoms with van der Waals surface area (Å²) in [4.78, 5) is 15.4. The van der Waals surface area contributed by atoms with Gasteiger partial charge in [0.15, 0.2) is 5.96 Å². The summed E-state index contributed by atoms with van der Waals surface area (Å²) in [6.07, 6.45) is 5.64. The average Bonchev–Trinajstić information content (AvgIpc) is 2.37. The van der Waals surface area contributed by atoms with E-state index in [1.807, 2.05) is 6.92 Å². The summed E-state index contributed by atoms with van der Waals surface area (Å²) in [6.45, 7) is 8.30. The van der Waals surface area contributed by atoms with E-state index in [0.29, 0.717) is 24.9 Å². The second kappa shape index (κ2) is 15.9. The minimum absolute atomic E-state index is 0. The number of carbonyl (C=O) groups excluding carboxylic acids is 1. The van der Waals surface area contributed by atoms with Gasteiger partial charge in [-0.3, -0.25) is 9.79 Å². The number of nitrogens with two attached hydrogens (primary N) is 1. The molecule has 0 aliphatic heterocycles. The normalized spacial score (nSPS) is 11.1. The lowest BCUT2D eigenvalue weighted by Gasteiger charge is -2.07. The van der Waals surface area contributed by atoms with Crippen molar-refractivity contribution in [2.24, 2.45) is 16.6 Å². The topological polar surface area (TPSA) is 76.7 Å². The number of ether oxygens (including phenoxy) is 1. The van der Waals surface area contributed by atoms with Gasteiger partial charge in [0.2, 0.25) is 0 Å². The highest BCUT2D eigenvalue weighted by atomic mass is 127. The maximum Gasteiger partial charge on any atom is 0.305 e. The third kappa shape index (κ3) is 17.4. The second-order valence-corrected chi connectivity index (χ2v) is 5.35. The Morgan fingerprint density at radius 2 is 1.90 bits per heavy atom. The summed E-state index contributed by atoms with van der Waals surface area (Å²) in [6, 6.07) is 0. The van der Waals surface area contributed by atoms with E-state index < -0.39 is 0 Å². The van der Waals surface area contributed by atoms with Gasteiger partial charge in [-0.15, -0.1) is 24.0 Å². The molecule has 5 nitrogen and oxygen atoms in total. The number of hydrogen-bond donors (Lipinski definition) is 2. The van der Waals surface area contributed by atoms with Gasteiger partial charge in [0.05, 0.1) is 6.61 Å². The van der Waals surface area contributed by atoms with E-state index >= 15 is 0 Å². The van der Waals surface area contributed by atoms with Gasteiger partial charge in [0, 0.05) is 19.5 Å². The maximum atomic E-state index is 11.1. The first-order valence-electron chi connectivity index (χ1n) is 7.75. The highest BCUT2D eigenvalue weighted by Crippen LogP contribution is 2.04. The molecule has 0 fully saturated rings. The van der Waals surface area contributed by atoms with Crippen molar-refractivity contribution >= 4 is 35.9 Å². The number of nitrogens with zero attached hydrogens (tertiary/aromatic N) is 1. The number of esters is 1. The molecule has 0 aliphatic rings. The largest absolute Gasteiger partial charge is 0.466 e. The standard InChI is InChI=1S/C15H31N3O2.HI/c1-4-20-14(19)9-7-5-6-8-11-17-15(16)18-12-10-13(2)3;/h13H,4-12H2,1-3H3,(H3,16,17,18);1H. The molecule has 21 heavy (non-hydrogen) atoms. The molecule has 0 aromatic carbocycles. The fourth-order valence-electron chi connectivity index (χ4n) is 1.71. The van der Waals surface area contributed by atoms with Crippen molar-refractivity contribution in [2.75, 3.05) is 19.7 Å². The zero-order valence-electron chi connectivity index (χ0n) is 13.7. The molecule has 0 aromatic rings.